The third-order valence-electron chi connectivity index (χ3n) is 9.93. The fourth-order valence-corrected chi connectivity index (χ4v) is 10.6. The summed E-state index contributed by atoms with van der Waals surface area (Å²) >= 11 is 0. The number of Topliss-reactive ketones (excluding diaryl/α,β-unsaturated/α-hetero) is 1. The summed E-state index contributed by atoms with van der Waals surface area (Å²) in [6.45, 7) is 10.2. The van der Waals surface area contributed by atoms with E-state index in [1.54, 1.807) is 7.11 Å². The van der Waals surface area contributed by atoms with Crippen molar-refractivity contribution in [3.63, 3.8) is 0 Å². The molecule has 0 aliphatic heterocycles. The van der Waals surface area contributed by atoms with E-state index in [1.165, 1.54) is 16.7 Å². The number of H-pyrrole nitrogens is 1. The first-order chi connectivity index (χ1) is 23.1. The van der Waals surface area contributed by atoms with Gasteiger partial charge in [0, 0.05) is 22.5 Å². The molecule has 2 heterocycles. The van der Waals surface area contributed by atoms with Crippen LogP contribution in [0, 0.1) is 6.92 Å². The van der Waals surface area contributed by atoms with Gasteiger partial charge in [0.15, 0.2) is 11.3 Å². The lowest BCUT2D eigenvalue weighted by Gasteiger charge is -2.34. The molecule has 0 radical (unpaired) electrons. The third kappa shape index (κ3) is 5.15. The highest BCUT2D eigenvalue weighted by molar-refractivity contribution is 8.76. The standard InChI is InChI=1S/C41H40N3O2S2/c1-27-35(26-47-48-41(28-16-10-7-11-17-28,29-18-12-8-13-19-29)30-20-14-9-15-21-30)44(23-22-36(27)46-6)38-42-33-24-31-32(25-34(33)43-38)40(4,5)37(45)39(31,2)3/h7-25H,26H2,1-6H3,(H,42,43)/q+1. The maximum absolute atomic E-state index is 13.3. The molecule has 0 saturated carbocycles. The van der Waals surface area contributed by atoms with Crippen molar-refractivity contribution < 1.29 is 14.1 Å². The van der Waals surface area contributed by atoms with Crippen LogP contribution in [-0.2, 0) is 26.1 Å². The topological polar surface area (TPSA) is 58.9 Å². The SMILES string of the molecule is COc1cc[n+](-c2nc3cc4c(cc3[nH]2)C(C)(C)C(=O)C4(C)C)c(CSSC(c2ccccc2)(c2ccccc2)c2ccccc2)c1C. The minimum Gasteiger partial charge on any atom is -0.496 e. The quantitative estimate of drug-likeness (QED) is 0.0945. The molecule has 2 aromatic heterocycles. The lowest BCUT2D eigenvalue weighted by Crippen LogP contribution is -2.37. The predicted octanol–water partition coefficient (Wildman–Crippen LogP) is 9.17. The first kappa shape index (κ1) is 32.2. The maximum Gasteiger partial charge on any atom is 0.402 e. The van der Waals surface area contributed by atoms with Crippen molar-refractivity contribution in [2.75, 3.05) is 7.11 Å². The molecule has 0 saturated heterocycles. The number of ketones is 1. The molecule has 0 unspecified atom stereocenters. The Morgan fingerprint density at radius 2 is 1.31 bits per heavy atom. The summed E-state index contributed by atoms with van der Waals surface area (Å²) in [5.74, 6) is 2.52. The van der Waals surface area contributed by atoms with Gasteiger partial charge in [-0.25, -0.2) is 9.55 Å². The Morgan fingerprint density at radius 1 is 0.792 bits per heavy atom. The van der Waals surface area contributed by atoms with Gasteiger partial charge in [-0.15, -0.1) is 0 Å². The van der Waals surface area contributed by atoms with Crippen LogP contribution in [0.2, 0.25) is 0 Å². The number of methoxy groups -OCH3 is 1. The van der Waals surface area contributed by atoms with Crippen LogP contribution in [0.15, 0.2) is 115 Å². The van der Waals surface area contributed by atoms with Crippen molar-refractivity contribution >= 4 is 38.4 Å². The van der Waals surface area contributed by atoms with Crippen molar-refractivity contribution in [1.82, 2.24) is 9.97 Å². The Bertz CT molecular complexity index is 1970. The average molecular weight is 671 g/mol. The number of carbonyl (C=O) groups is 1. The molecular formula is C41H40N3O2S2+. The average Bonchev–Trinajstić information content (AvgIpc) is 3.58. The first-order valence-corrected chi connectivity index (χ1v) is 18.6. The van der Waals surface area contributed by atoms with E-state index in [0.29, 0.717) is 5.75 Å². The Hall–Kier alpha value is -4.33. The molecule has 1 N–H and O–H groups in total. The zero-order valence-electron chi connectivity index (χ0n) is 28.2. The highest BCUT2D eigenvalue weighted by Gasteiger charge is 2.51. The lowest BCUT2D eigenvalue weighted by molar-refractivity contribution is -0.610. The summed E-state index contributed by atoms with van der Waals surface area (Å²) in [6, 6.07) is 38.6. The summed E-state index contributed by atoms with van der Waals surface area (Å²) in [5, 5.41) is 0. The molecule has 7 rings (SSSR count). The monoisotopic (exact) mass is 670 g/mol. The van der Waals surface area contributed by atoms with Gasteiger partial charge in [0.2, 0.25) is 0 Å². The van der Waals surface area contributed by atoms with Gasteiger partial charge in [-0.2, -0.15) is 0 Å². The molecule has 242 valence electrons. The van der Waals surface area contributed by atoms with E-state index in [9.17, 15) is 4.79 Å². The third-order valence-corrected chi connectivity index (χ3v) is 12.9. The lowest BCUT2D eigenvalue weighted by atomic mass is 9.80. The number of rotatable bonds is 9. The van der Waals surface area contributed by atoms with Crippen LogP contribution in [0.25, 0.3) is 17.0 Å². The zero-order chi connectivity index (χ0) is 33.7. The van der Waals surface area contributed by atoms with Crippen molar-refractivity contribution in [1.29, 1.82) is 0 Å². The van der Waals surface area contributed by atoms with Crippen molar-refractivity contribution in [3.05, 3.63) is 154 Å². The fraction of sp³-hybridized carbons (Fsp3) is 0.244. The summed E-state index contributed by atoms with van der Waals surface area (Å²) in [7, 11) is 5.41. The second kappa shape index (κ2) is 12.3. The molecule has 0 atom stereocenters. The van der Waals surface area contributed by atoms with Gasteiger partial charge in [0.1, 0.15) is 21.7 Å². The van der Waals surface area contributed by atoms with Crippen LogP contribution in [-0.4, -0.2) is 22.9 Å². The minimum atomic E-state index is -0.558. The molecule has 48 heavy (non-hydrogen) atoms. The molecule has 6 aromatic rings. The number of imidazole rings is 1. The van der Waals surface area contributed by atoms with Gasteiger partial charge in [0.05, 0.1) is 19.1 Å². The van der Waals surface area contributed by atoms with E-state index in [1.807, 2.05) is 61.5 Å². The Labute approximate surface area is 290 Å². The molecule has 0 spiro atoms. The molecule has 1 aliphatic rings. The van der Waals surface area contributed by atoms with Crippen LogP contribution in [0.4, 0.5) is 0 Å². The molecule has 0 bridgehead atoms. The summed E-state index contributed by atoms with van der Waals surface area (Å²) in [5.41, 5.74) is 8.64. The number of hydrogen-bond acceptors (Lipinski definition) is 5. The van der Waals surface area contributed by atoms with Gasteiger partial charge in [-0.3, -0.25) is 4.79 Å². The van der Waals surface area contributed by atoms with Gasteiger partial charge >= 0.3 is 5.95 Å². The van der Waals surface area contributed by atoms with Gasteiger partial charge in [0.25, 0.3) is 0 Å². The number of fused-ring (bicyclic) bond motifs is 2. The molecule has 4 aromatic carbocycles. The van der Waals surface area contributed by atoms with E-state index in [2.05, 4.69) is 120 Å². The second-order valence-corrected chi connectivity index (χ2v) is 16.0. The van der Waals surface area contributed by atoms with Gasteiger partial charge in [-0.05, 0) is 74.6 Å². The highest BCUT2D eigenvalue weighted by Crippen LogP contribution is 2.54. The maximum atomic E-state index is 13.3. The number of carbonyl (C=O) groups excluding carboxylic acids is 1. The molecule has 7 heteroatoms. The van der Waals surface area contributed by atoms with Crippen molar-refractivity contribution in [2.45, 2.75) is 55.9 Å². The van der Waals surface area contributed by atoms with Crippen LogP contribution < -0.4 is 9.30 Å². The van der Waals surface area contributed by atoms with E-state index in [4.69, 9.17) is 9.72 Å². The van der Waals surface area contributed by atoms with Crippen LogP contribution in [0.1, 0.15) is 66.8 Å². The molecule has 1 aliphatic carbocycles. The number of hydrogen-bond donors (Lipinski definition) is 1. The molecular weight excluding hydrogens is 631 g/mol. The van der Waals surface area contributed by atoms with E-state index >= 15 is 0 Å². The number of pyridine rings is 1. The molecule has 0 fully saturated rings. The van der Waals surface area contributed by atoms with E-state index in [-0.39, 0.29) is 5.78 Å². The van der Waals surface area contributed by atoms with Crippen molar-refractivity contribution in [2.24, 2.45) is 0 Å². The van der Waals surface area contributed by atoms with E-state index < -0.39 is 15.6 Å². The highest BCUT2D eigenvalue weighted by atomic mass is 33.1. The number of nitrogens with one attached hydrogen (secondary N) is 1. The normalized spacial score (nSPS) is 15.1. The molecule has 0 amide bonds. The molecule has 5 nitrogen and oxygen atoms in total. The number of ether oxygens (including phenoxy) is 1. The van der Waals surface area contributed by atoms with Crippen LogP contribution >= 0.6 is 21.6 Å². The second-order valence-electron chi connectivity index (χ2n) is 13.5. The largest absolute Gasteiger partial charge is 0.496 e. The summed E-state index contributed by atoms with van der Waals surface area (Å²) < 4.78 is 7.51. The number of aromatic nitrogens is 3. The minimum absolute atomic E-state index is 0.243. The van der Waals surface area contributed by atoms with Crippen LogP contribution in [0.3, 0.4) is 0 Å². The van der Waals surface area contributed by atoms with E-state index in [0.717, 1.165) is 45.1 Å². The predicted molar refractivity (Wildman–Crippen MR) is 198 cm³/mol. The number of aromatic amines is 1. The number of benzene rings is 4. The first-order valence-electron chi connectivity index (χ1n) is 16.2. The van der Waals surface area contributed by atoms with Gasteiger partial charge in [-0.1, -0.05) is 118 Å². The summed E-state index contributed by atoms with van der Waals surface area (Å²) in [6.07, 6.45) is 2.04. The Kier molecular flexibility index (Phi) is 8.25. The Balaban J connectivity index is 1.30. The zero-order valence-corrected chi connectivity index (χ0v) is 29.8. The van der Waals surface area contributed by atoms with Gasteiger partial charge < -0.3 is 4.74 Å². The Morgan fingerprint density at radius 3 is 1.83 bits per heavy atom. The smallest absolute Gasteiger partial charge is 0.402 e. The van der Waals surface area contributed by atoms with Crippen LogP contribution in [0.5, 0.6) is 5.75 Å². The fourth-order valence-electron chi connectivity index (χ4n) is 7.33. The summed E-state index contributed by atoms with van der Waals surface area (Å²) in [4.78, 5) is 22.0. The van der Waals surface area contributed by atoms with Crippen molar-refractivity contribution in [3.8, 4) is 11.7 Å². The number of nitrogens with zero attached hydrogens (tertiary/aromatic N) is 2.